The highest BCUT2D eigenvalue weighted by molar-refractivity contribution is 9.10. The van der Waals surface area contributed by atoms with Crippen LogP contribution < -0.4 is 4.90 Å². The predicted molar refractivity (Wildman–Crippen MR) is 93.0 cm³/mol. The molecule has 0 radical (unpaired) electrons. The average Bonchev–Trinajstić information content (AvgIpc) is 3.09. The Labute approximate surface area is 145 Å². The SMILES string of the molecule is Cc1nsc(N(C)C(=O)c2coc3c(C)cc(Br)cc23)c1C#N. The van der Waals surface area contributed by atoms with Crippen molar-refractivity contribution in [2.75, 3.05) is 11.9 Å². The van der Waals surface area contributed by atoms with E-state index in [1.807, 2.05) is 19.1 Å². The first kappa shape index (κ1) is 15.7. The summed E-state index contributed by atoms with van der Waals surface area (Å²) in [5, 5.41) is 10.5. The maximum Gasteiger partial charge on any atom is 0.262 e. The number of halogens is 1. The third-order valence-corrected chi connectivity index (χ3v) is 5.09. The average molecular weight is 390 g/mol. The van der Waals surface area contributed by atoms with Gasteiger partial charge in [-0.1, -0.05) is 15.9 Å². The lowest BCUT2D eigenvalue weighted by atomic mass is 10.1. The Morgan fingerprint density at radius 2 is 2.17 bits per heavy atom. The molecule has 0 atom stereocenters. The normalized spacial score (nSPS) is 10.7. The van der Waals surface area contributed by atoms with Crippen molar-refractivity contribution in [3.05, 3.63) is 45.3 Å². The van der Waals surface area contributed by atoms with Crippen molar-refractivity contribution in [2.24, 2.45) is 0 Å². The molecule has 1 aromatic carbocycles. The van der Waals surface area contributed by atoms with E-state index in [0.29, 0.717) is 27.4 Å². The van der Waals surface area contributed by atoms with Crippen molar-refractivity contribution in [3.63, 3.8) is 0 Å². The fourth-order valence-corrected chi connectivity index (χ4v) is 3.80. The zero-order chi connectivity index (χ0) is 16.7. The number of furan rings is 1. The number of rotatable bonds is 2. The lowest BCUT2D eigenvalue weighted by Crippen LogP contribution is -2.25. The highest BCUT2D eigenvalue weighted by Crippen LogP contribution is 2.32. The molecule has 0 spiro atoms. The first-order valence-corrected chi connectivity index (χ1v) is 8.32. The molecule has 116 valence electrons. The van der Waals surface area contributed by atoms with E-state index < -0.39 is 0 Å². The summed E-state index contributed by atoms with van der Waals surface area (Å²) in [7, 11) is 1.64. The molecule has 0 aliphatic heterocycles. The summed E-state index contributed by atoms with van der Waals surface area (Å²) >= 11 is 4.58. The lowest BCUT2D eigenvalue weighted by molar-refractivity contribution is 0.0994. The molecule has 1 amide bonds. The minimum absolute atomic E-state index is 0.235. The van der Waals surface area contributed by atoms with Crippen LogP contribution in [0.25, 0.3) is 11.0 Å². The fraction of sp³-hybridized carbons (Fsp3) is 0.188. The van der Waals surface area contributed by atoms with Gasteiger partial charge in [0.25, 0.3) is 5.91 Å². The number of benzene rings is 1. The van der Waals surface area contributed by atoms with E-state index in [1.165, 1.54) is 11.2 Å². The number of amides is 1. The smallest absolute Gasteiger partial charge is 0.262 e. The monoisotopic (exact) mass is 389 g/mol. The number of nitriles is 1. The number of hydrogen-bond acceptors (Lipinski definition) is 5. The quantitative estimate of drug-likeness (QED) is 0.650. The number of nitrogens with zero attached hydrogens (tertiary/aromatic N) is 3. The van der Waals surface area contributed by atoms with E-state index in [-0.39, 0.29) is 5.91 Å². The van der Waals surface area contributed by atoms with Gasteiger partial charge in [0, 0.05) is 16.9 Å². The summed E-state index contributed by atoms with van der Waals surface area (Å²) in [6.45, 7) is 3.68. The van der Waals surface area contributed by atoms with E-state index in [2.05, 4.69) is 26.4 Å². The van der Waals surface area contributed by atoms with Gasteiger partial charge in [-0.05, 0) is 43.1 Å². The second-order valence-corrected chi connectivity index (χ2v) is 6.84. The molecule has 0 saturated carbocycles. The third kappa shape index (κ3) is 2.54. The van der Waals surface area contributed by atoms with E-state index in [0.717, 1.165) is 27.0 Å². The summed E-state index contributed by atoms with van der Waals surface area (Å²) in [6, 6.07) is 5.90. The third-order valence-electron chi connectivity index (χ3n) is 3.62. The molecule has 23 heavy (non-hydrogen) atoms. The van der Waals surface area contributed by atoms with Crippen LogP contribution in [0.2, 0.25) is 0 Å². The molecule has 0 N–H and O–H groups in total. The zero-order valence-electron chi connectivity index (χ0n) is 12.7. The molecule has 2 aromatic heterocycles. The molecule has 0 unspecified atom stereocenters. The van der Waals surface area contributed by atoms with Crippen LogP contribution in [0, 0.1) is 25.2 Å². The summed E-state index contributed by atoms with van der Waals surface area (Å²) in [6.07, 6.45) is 1.46. The standard InChI is InChI=1S/C16H12BrN3O2S/c1-8-4-10(17)5-11-13(7-22-14(8)11)15(21)20(3)16-12(6-18)9(2)19-23-16/h4-5,7H,1-3H3. The fourth-order valence-electron chi connectivity index (χ4n) is 2.42. The molecule has 0 fully saturated rings. The van der Waals surface area contributed by atoms with Gasteiger partial charge in [-0.25, -0.2) is 0 Å². The van der Waals surface area contributed by atoms with Crippen molar-refractivity contribution < 1.29 is 9.21 Å². The van der Waals surface area contributed by atoms with Crippen molar-refractivity contribution in [1.82, 2.24) is 4.37 Å². The molecule has 0 saturated heterocycles. The Balaban J connectivity index is 2.09. The van der Waals surface area contributed by atoms with E-state index >= 15 is 0 Å². The first-order valence-electron chi connectivity index (χ1n) is 6.75. The topological polar surface area (TPSA) is 70.1 Å². The van der Waals surface area contributed by atoms with Gasteiger partial charge >= 0.3 is 0 Å². The van der Waals surface area contributed by atoms with Crippen molar-refractivity contribution in [1.29, 1.82) is 5.26 Å². The summed E-state index contributed by atoms with van der Waals surface area (Å²) in [5.41, 5.74) is 3.15. The van der Waals surface area contributed by atoms with Crippen LogP contribution in [0.5, 0.6) is 0 Å². The van der Waals surface area contributed by atoms with Crippen LogP contribution in [-0.2, 0) is 0 Å². The number of fused-ring (bicyclic) bond motifs is 1. The molecular weight excluding hydrogens is 378 g/mol. The lowest BCUT2D eigenvalue weighted by Gasteiger charge is -2.14. The van der Waals surface area contributed by atoms with Gasteiger partial charge in [-0.15, -0.1) is 0 Å². The van der Waals surface area contributed by atoms with Crippen LogP contribution in [0.15, 0.2) is 27.3 Å². The maximum absolute atomic E-state index is 12.8. The van der Waals surface area contributed by atoms with Crippen LogP contribution in [0.4, 0.5) is 5.00 Å². The van der Waals surface area contributed by atoms with E-state index in [9.17, 15) is 10.1 Å². The minimum atomic E-state index is -0.235. The molecule has 0 bridgehead atoms. The first-order chi connectivity index (χ1) is 10.9. The van der Waals surface area contributed by atoms with Gasteiger partial charge in [0.1, 0.15) is 28.5 Å². The van der Waals surface area contributed by atoms with Gasteiger partial charge in [-0.3, -0.25) is 4.79 Å². The minimum Gasteiger partial charge on any atom is -0.463 e. The van der Waals surface area contributed by atoms with E-state index in [1.54, 1.807) is 14.0 Å². The second kappa shape index (κ2) is 5.80. The van der Waals surface area contributed by atoms with Gasteiger partial charge in [0.05, 0.1) is 11.3 Å². The molecular formula is C16H12BrN3O2S. The largest absolute Gasteiger partial charge is 0.463 e. The van der Waals surface area contributed by atoms with Crippen molar-refractivity contribution in [2.45, 2.75) is 13.8 Å². The zero-order valence-corrected chi connectivity index (χ0v) is 15.1. The molecule has 5 nitrogen and oxygen atoms in total. The number of carbonyl (C=O) groups is 1. The Hall–Kier alpha value is -2.17. The molecule has 3 aromatic rings. The number of aryl methyl sites for hydroxylation is 2. The number of aromatic nitrogens is 1. The maximum atomic E-state index is 12.8. The second-order valence-electron chi connectivity index (χ2n) is 5.17. The molecule has 0 aliphatic rings. The highest BCUT2D eigenvalue weighted by Gasteiger charge is 2.24. The molecule has 0 aliphatic carbocycles. The van der Waals surface area contributed by atoms with Gasteiger partial charge in [0.2, 0.25) is 0 Å². The van der Waals surface area contributed by atoms with Crippen LogP contribution >= 0.6 is 27.5 Å². The van der Waals surface area contributed by atoms with Gasteiger partial charge in [0.15, 0.2) is 0 Å². The van der Waals surface area contributed by atoms with Crippen LogP contribution in [0.1, 0.15) is 27.2 Å². The van der Waals surface area contributed by atoms with E-state index in [4.69, 9.17) is 4.42 Å². The predicted octanol–water partition coefficient (Wildman–Crippen LogP) is 4.42. The van der Waals surface area contributed by atoms with Crippen LogP contribution in [-0.4, -0.2) is 17.3 Å². The Bertz CT molecular complexity index is 968. The Morgan fingerprint density at radius 3 is 2.87 bits per heavy atom. The molecule has 7 heteroatoms. The number of anilines is 1. The van der Waals surface area contributed by atoms with Crippen molar-refractivity contribution in [3.8, 4) is 6.07 Å². The summed E-state index contributed by atoms with van der Waals surface area (Å²) < 4.78 is 10.6. The highest BCUT2D eigenvalue weighted by atomic mass is 79.9. The Morgan fingerprint density at radius 1 is 1.43 bits per heavy atom. The number of hydrogen-bond donors (Lipinski definition) is 0. The Kier molecular flexibility index (Phi) is 3.96. The van der Waals surface area contributed by atoms with Gasteiger partial charge in [-0.2, -0.15) is 9.64 Å². The number of carbonyl (C=O) groups excluding carboxylic acids is 1. The van der Waals surface area contributed by atoms with Gasteiger partial charge < -0.3 is 9.32 Å². The molecule has 3 rings (SSSR count). The van der Waals surface area contributed by atoms with Crippen molar-refractivity contribution >= 4 is 49.3 Å². The summed E-state index contributed by atoms with van der Waals surface area (Å²) in [4.78, 5) is 14.3. The molecule has 2 heterocycles. The summed E-state index contributed by atoms with van der Waals surface area (Å²) in [5.74, 6) is -0.235. The van der Waals surface area contributed by atoms with Crippen LogP contribution in [0.3, 0.4) is 0 Å².